The van der Waals surface area contributed by atoms with Gasteiger partial charge in [0.25, 0.3) is 5.91 Å². The maximum absolute atomic E-state index is 12.6. The molecule has 0 aliphatic carbocycles. The second kappa shape index (κ2) is 7.07. The Morgan fingerprint density at radius 3 is 2.50 bits per heavy atom. The van der Waals surface area contributed by atoms with Gasteiger partial charge in [-0.1, -0.05) is 6.07 Å². The first kappa shape index (κ1) is 15.2. The van der Waals surface area contributed by atoms with E-state index < -0.39 is 0 Å². The van der Waals surface area contributed by atoms with Crippen molar-refractivity contribution in [1.82, 2.24) is 14.8 Å². The molecular weight excluding hydrogens is 280 g/mol. The monoisotopic (exact) mass is 304 g/mol. The fourth-order valence-electron chi connectivity index (χ4n) is 3.14. The first-order valence-electron chi connectivity index (χ1n) is 8.12. The molecule has 0 atom stereocenters. The molecular formula is C16H24N4O2. The first-order chi connectivity index (χ1) is 10.8. The van der Waals surface area contributed by atoms with Crippen molar-refractivity contribution in [3.63, 3.8) is 0 Å². The SMILES string of the molecule is O=C(c1cccc(N2CCCC2)n1)N1CCN(CCO)CC1. The van der Waals surface area contributed by atoms with Crippen molar-refractivity contribution < 1.29 is 9.90 Å². The second-order valence-corrected chi connectivity index (χ2v) is 5.93. The number of carbonyl (C=O) groups excluding carboxylic acids is 1. The fraction of sp³-hybridized carbons (Fsp3) is 0.625. The summed E-state index contributed by atoms with van der Waals surface area (Å²) in [6.45, 7) is 5.96. The highest BCUT2D eigenvalue weighted by Gasteiger charge is 2.23. The Bertz CT molecular complexity index is 509. The van der Waals surface area contributed by atoms with Gasteiger partial charge in [0.2, 0.25) is 0 Å². The summed E-state index contributed by atoms with van der Waals surface area (Å²) in [6.07, 6.45) is 2.40. The highest BCUT2D eigenvalue weighted by atomic mass is 16.3. The van der Waals surface area contributed by atoms with Gasteiger partial charge < -0.3 is 14.9 Å². The van der Waals surface area contributed by atoms with E-state index >= 15 is 0 Å². The number of hydrogen-bond donors (Lipinski definition) is 1. The third-order valence-electron chi connectivity index (χ3n) is 4.46. The molecule has 2 aliphatic rings. The maximum atomic E-state index is 12.6. The number of carbonyl (C=O) groups is 1. The number of nitrogens with zero attached hydrogens (tertiary/aromatic N) is 4. The smallest absolute Gasteiger partial charge is 0.272 e. The summed E-state index contributed by atoms with van der Waals surface area (Å²) in [5, 5.41) is 8.97. The molecule has 2 saturated heterocycles. The average Bonchev–Trinajstić information content (AvgIpc) is 3.10. The van der Waals surface area contributed by atoms with E-state index in [-0.39, 0.29) is 12.5 Å². The Morgan fingerprint density at radius 1 is 1.09 bits per heavy atom. The molecule has 1 amide bonds. The van der Waals surface area contributed by atoms with E-state index in [0.29, 0.717) is 25.3 Å². The first-order valence-corrected chi connectivity index (χ1v) is 8.12. The molecule has 0 bridgehead atoms. The molecule has 3 rings (SSSR count). The van der Waals surface area contributed by atoms with Crippen LogP contribution in [-0.4, -0.2) is 78.2 Å². The summed E-state index contributed by atoms with van der Waals surface area (Å²) in [5.41, 5.74) is 0.542. The third-order valence-corrected chi connectivity index (χ3v) is 4.46. The summed E-state index contributed by atoms with van der Waals surface area (Å²) in [4.78, 5) is 23.5. The molecule has 6 nitrogen and oxygen atoms in total. The zero-order chi connectivity index (χ0) is 15.4. The normalized spacial score (nSPS) is 19.7. The Kier molecular flexibility index (Phi) is 4.90. The largest absolute Gasteiger partial charge is 0.395 e. The lowest BCUT2D eigenvalue weighted by atomic mass is 10.2. The molecule has 3 heterocycles. The van der Waals surface area contributed by atoms with Gasteiger partial charge in [0, 0.05) is 45.8 Å². The van der Waals surface area contributed by atoms with Gasteiger partial charge in [-0.05, 0) is 25.0 Å². The lowest BCUT2D eigenvalue weighted by Crippen LogP contribution is -2.49. The Morgan fingerprint density at radius 2 is 1.82 bits per heavy atom. The fourth-order valence-corrected chi connectivity index (χ4v) is 3.14. The molecule has 120 valence electrons. The van der Waals surface area contributed by atoms with Crippen molar-refractivity contribution >= 4 is 11.7 Å². The van der Waals surface area contributed by atoms with Crippen LogP contribution in [0.3, 0.4) is 0 Å². The van der Waals surface area contributed by atoms with Crippen LogP contribution < -0.4 is 4.90 Å². The van der Waals surface area contributed by atoms with Gasteiger partial charge in [-0.15, -0.1) is 0 Å². The minimum Gasteiger partial charge on any atom is -0.395 e. The van der Waals surface area contributed by atoms with Crippen LogP contribution in [0.15, 0.2) is 18.2 Å². The van der Waals surface area contributed by atoms with Crippen LogP contribution in [0.1, 0.15) is 23.3 Å². The summed E-state index contributed by atoms with van der Waals surface area (Å²) >= 11 is 0. The standard InChI is InChI=1S/C16H24N4O2/c21-13-12-18-8-10-20(11-9-18)16(22)14-4-3-5-15(17-14)19-6-1-2-7-19/h3-5,21H,1-2,6-13H2. The summed E-state index contributed by atoms with van der Waals surface area (Å²) in [7, 11) is 0. The minimum atomic E-state index is 0.0182. The molecule has 2 fully saturated rings. The molecule has 0 aromatic carbocycles. The second-order valence-electron chi connectivity index (χ2n) is 5.93. The zero-order valence-electron chi connectivity index (χ0n) is 12.9. The Balaban J connectivity index is 1.64. The molecule has 6 heteroatoms. The van der Waals surface area contributed by atoms with Crippen LogP contribution in [0.5, 0.6) is 0 Å². The Labute approximate surface area is 131 Å². The summed E-state index contributed by atoms with van der Waals surface area (Å²) in [5.74, 6) is 0.937. The minimum absolute atomic E-state index is 0.0182. The number of hydrogen-bond acceptors (Lipinski definition) is 5. The molecule has 1 N–H and O–H groups in total. The van der Waals surface area contributed by atoms with E-state index in [0.717, 1.165) is 32.0 Å². The molecule has 1 aromatic heterocycles. The zero-order valence-corrected chi connectivity index (χ0v) is 12.9. The van der Waals surface area contributed by atoms with E-state index in [2.05, 4.69) is 14.8 Å². The number of β-amino-alcohol motifs (C(OH)–C–C–N with tert-alkyl or cyclic N) is 1. The van der Waals surface area contributed by atoms with Gasteiger partial charge in [0.15, 0.2) is 0 Å². The number of amides is 1. The molecule has 2 aliphatic heterocycles. The van der Waals surface area contributed by atoms with Crippen LogP contribution in [0.25, 0.3) is 0 Å². The van der Waals surface area contributed by atoms with Crippen LogP contribution in [0.4, 0.5) is 5.82 Å². The van der Waals surface area contributed by atoms with Gasteiger partial charge in [0.05, 0.1) is 6.61 Å². The molecule has 22 heavy (non-hydrogen) atoms. The van der Waals surface area contributed by atoms with Crippen LogP contribution in [0, 0.1) is 0 Å². The van der Waals surface area contributed by atoms with Gasteiger partial charge in [-0.25, -0.2) is 4.98 Å². The van der Waals surface area contributed by atoms with Crippen molar-refractivity contribution in [2.75, 3.05) is 57.3 Å². The molecule has 1 aromatic rings. The third kappa shape index (κ3) is 3.39. The topological polar surface area (TPSA) is 59.9 Å². The van der Waals surface area contributed by atoms with E-state index in [1.54, 1.807) is 0 Å². The Hall–Kier alpha value is -1.66. The van der Waals surface area contributed by atoms with Gasteiger partial charge >= 0.3 is 0 Å². The lowest BCUT2D eigenvalue weighted by Gasteiger charge is -2.34. The summed E-state index contributed by atoms with van der Waals surface area (Å²) < 4.78 is 0. The summed E-state index contributed by atoms with van der Waals surface area (Å²) in [6, 6.07) is 5.72. The van der Waals surface area contributed by atoms with E-state index in [1.807, 2.05) is 23.1 Å². The molecule has 0 spiro atoms. The highest BCUT2D eigenvalue weighted by molar-refractivity contribution is 5.92. The lowest BCUT2D eigenvalue weighted by molar-refractivity contribution is 0.0609. The number of pyridine rings is 1. The number of piperazine rings is 1. The van der Waals surface area contributed by atoms with E-state index in [1.165, 1.54) is 12.8 Å². The highest BCUT2D eigenvalue weighted by Crippen LogP contribution is 2.18. The van der Waals surface area contributed by atoms with Crippen molar-refractivity contribution in [1.29, 1.82) is 0 Å². The number of aliphatic hydroxyl groups excluding tert-OH is 1. The predicted molar refractivity (Wildman–Crippen MR) is 85.1 cm³/mol. The molecule has 0 unspecified atom stereocenters. The maximum Gasteiger partial charge on any atom is 0.272 e. The van der Waals surface area contributed by atoms with Crippen LogP contribution in [-0.2, 0) is 0 Å². The van der Waals surface area contributed by atoms with E-state index in [4.69, 9.17) is 5.11 Å². The van der Waals surface area contributed by atoms with Crippen molar-refractivity contribution in [2.45, 2.75) is 12.8 Å². The predicted octanol–water partition coefficient (Wildman–Crippen LogP) is 0.432. The quantitative estimate of drug-likeness (QED) is 0.874. The number of anilines is 1. The van der Waals surface area contributed by atoms with Crippen LogP contribution in [0.2, 0.25) is 0 Å². The average molecular weight is 304 g/mol. The van der Waals surface area contributed by atoms with Gasteiger partial charge in [0.1, 0.15) is 11.5 Å². The number of aromatic nitrogens is 1. The van der Waals surface area contributed by atoms with Gasteiger partial charge in [-0.2, -0.15) is 0 Å². The van der Waals surface area contributed by atoms with E-state index in [9.17, 15) is 4.79 Å². The van der Waals surface area contributed by atoms with Crippen LogP contribution >= 0.6 is 0 Å². The number of rotatable bonds is 4. The van der Waals surface area contributed by atoms with Crippen molar-refractivity contribution in [2.24, 2.45) is 0 Å². The van der Waals surface area contributed by atoms with Crippen molar-refractivity contribution in [3.8, 4) is 0 Å². The van der Waals surface area contributed by atoms with Crippen molar-refractivity contribution in [3.05, 3.63) is 23.9 Å². The molecule has 0 radical (unpaired) electrons. The van der Waals surface area contributed by atoms with Gasteiger partial charge in [-0.3, -0.25) is 9.69 Å². The number of aliphatic hydroxyl groups is 1. The molecule has 0 saturated carbocycles.